The highest BCUT2D eigenvalue weighted by atomic mass is 19.4. The van der Waals surface area contributed by atoms with Crippen molar-refractivity contribution >= 4 is 11.8 Å². The number of hydrogen-bond donors (Lipinski definition) is 0. The lowest BCUT2D eigenvalue weighted by atomic mass is 10.1. The molecule has 1 aliphatic rings. The van der Waals surface area contributed by atoms with Crippen molar-refractivity contribution in [1.82, 2.24) is 39.9 Å². The zero-order valence-electron chi connectivity index (χ0n) is 16.7. The van der Waals surface area contributed by atoms with Gasteiger partial charge in [-0.25, -0.2) is 24.6 Å². The Morgan fingerprint density at radius 1 is 1.16 bits per heavy atom. The quantitative estimate of drug-likeness (QED) is 0.462. The minimum absolute atomic E-state index is 0.0449. The van der Waals surface area contributed by atoms with Gasteiger partial charge in [0.05, 0.1) is 5.57 Å². The highest BCUT2D eigenvalue weighted by Gasteiger charge is 2.35. The van der Waals surface area contributed by atoms with Crippen LogP contribution in [0.3, 0.4) is 0 Å². The van der Waals surface area contributed by atoms with Gasteiger partial charge in [0.2, 0.25) is 11.8 Å². The van der Waals surface area contributed by atoms with Gasteiger partial charge >= 0.3 is 6.18 Å². The van der Waals surface area contributed by atoms with Crippen LogP contribution in [0.1, 0.15) is 47.5 Å². The van der Waals surface area contributed by atoms with Crippen molar-refractivity contribution in [2.75, 3.05) is 0 Å². The van der Waals surface area contributed by atoms with E-state index < -0.39 is 11.9 Å². The molecule has 0 amide bonds. The van der Waals surface area contributed by atoms with E-state index in [4.69, 9.17) is 4.42 Å². The van der Waals surface area contributed by atoms with Crippen LogP contribution in [0.2, 0.25) is 0 Å². The second kappa shape index (κ2) is 7.62. The predicted molar refractivity (Wildman–Crippen MR) is 105 cm³/mol. The molecule has 0 saturated heterocycles. The van der Waals surface area contributed by atoms with Crippen LogP contribution < -0.4 is 0 Å². The zero-order chi connectivity index (χ0) is 22.3. The lowest BCUT2D eigenvalue weighted by Gasteiger charge is -2.09. The molecule has 32 heavy (non-hydrogen) atoms. The lowest BCUT2D eigenvalue weighted by Crippen LogP contribution is -2.10. The van der Waals surface area contributed by atoms with Crippen molar-refractivity contribution in [2.24, 2.45) is 0 Å². The first-order valence-electron chi connectivity index (χ1n) is 9.65. The van der Waals surface area contributed by atoms with Gasteiger partial charge in [0.25, 0.3) is 0 Å². The van der Waals surface area contributed by atoms with Crippen molar-refractivity contribution in [3.63, 3.8) is 0 Å². The van der Waals surface area contributed by atoms with Gasteiger partial charge in [-0.2, -0.15) is 13.2 Å². The summed E-state index contributed by atoms with van der Waals surface area (Å²) in [5.41, 5.74) is 0.775. The van der Waals surface area contributed by atoms with Crippen molar-refractivity contribution in [3.05, 3.63) is 65.9 Å². The molecule has 0 bridgehead atoms. The number of pyridine rings is 1. The van der Waals surface area contributed by atoms with Gasteiger partial charge in [-0.3, -0.25) is 0 Å². The van der Waals surface area contributed by atoms with Gasteiger partial charge in [-0.1, -0.05) is 0 Å². The Bertz CT molecular complexity index is 1290. The maximum Gasteiger partial charge on any atom is 0.433 e. The summed E-state index contributed by atoms with van der Waals surface area (Å²) in [5, 5.41) is 12.2. The van der Waals surface area contributed by atoms with E-state index in [1.54, 1.807) is 31.6 Å². The number of aryl methyl sites for hydroxylation is 1. The van der Waals surface area contributed by atoms with E-state index in [1.165, 1.54) is 17.3 Å². The Morgan fingerprint density at radius 2 is 1.94 bits per heavy atom. The molecular formula is C20H15F3N8O. The first kappa shape index (κ1) is 20.0. The fourth-order valence-electron chi connectivity index (χ4n) is 3.11. The molecule has 0 unspecified atom stereocenters. The molecule has 4 heterocycles. The molecule has 1 fully saturated rings. The Morgan fingerprint density at radius 3 is 2.59 bits per heavy atom. The van der Waals surface area contributed by atoms with Crippen molar-refractivity contribution in [2.45, 2.75) is 31.9 Å². The number of alkyl halides is 3. The molecule has 1 aliphatic carbocycles. The number of hydrogen-bond acceptors (Lipinski definition) is 8. The fraction of sp³-hybridized carbons (Fsp3) is 0.250. The summed E-state index contributed by atoms with van der Waals surface area (Å²) in [6.07, 6.45) is 4.55. The number of rotatable bonds is 5. The van der Waals surface area contributed by atoms with E-state index in [0.717, 1.165) is 18.9 Å². The first-order chi connectivity index (χ1) is 15.4. The van der Waals surface area contributed by atoms with E-state index in [0.29, 0.717) is 22.7 Å². The standard InChI is InChI=1S/C20H15F3N8O/c1-11-28-29-19(32-11)15(14-6-24-9-25-7-14)8-31-10-26-18(30-31)13-4-16(12-2-3-12)27-17(5-13)20(21,22)23/h4-10,12H,2-3H2,1H3/b15-8+. The SMILES string of the molecule is Cc1nnc(/C(=C/n2cnc(-c3cc(C4CC4)nc(C(F)(F)F)c3)n2)c2cncnc2)o1. The summed E-state index contributed by atoms with van der Waals surface area (Å²) in [4.78, 5) is 16.0. The molecule has 162 valence electrons. The topological polar surface area (TPSA) is 108 Å². The molecule has 0 aliphatic heterocycles. The molecule has 9 nitrogen and oxygen atoms in total. The minimum Gasteiger partial charge on any atom is -0.421 e. The summed E-state index contributed by atoms with van der Waals surface area (Å²) in [5.74, 6) is 0.768. The molecule has 0 N–H and O–H groups in total. The monoisotopic (exact) mass is 440 g/mol. The van der Waals surface area contributed by atoms with E-state index in [9.17, 15) is 13.2 Å². The summed E-state index contributed by atoms with van der Waals surface area (Å²) in [7, 11) is 0. The van der Waals surface area contributed by atoms with Crippen LogP contribution in [0.15, 0.2) is 41.6 Å². The average molecular weight is 440 g/mol. The van der Waals surface area contributed by atoms with Crippen molar-refractivity contribution in [1.29, 1.82) is 0 Å². The van der Waals surface area contributed by atoms with Crippen LogP contribution in [0, 0.1) is 6.92 Å². The third kappa shape index (κ3) is 4.11. The van der Waals surface area contributed by atoms with Gasteiger partial charge < -0.3 is 4.42 Å². The molecule has 0 aromatic carbocycles. The average Bonchev–Trinajstić information content (AvgIpc) is 3.38. The Kier molecular flexibility index (Phi) is 4.76. The second-order valence-electron chi connectivity index (χ2n) is 7.28. The summed E-state index contributed by atoms with van der Waals surface area (Å²) in [6, 6.07) is 2.58. The third-order valence-corrected chi connectivity index (χ3v) is 4.79. The molecular weight excluding hydrogens is 425 g/mol. The van der Waals surface area contributed by atoms with Crippen LogP contribution in [0.25, 0.3) is 23.2 Å². The Labute approximate surface area is 179 Å². The van der Waals surface area contributed by atoms with Gasteiger partial charge in [0.15, 0.2) is 5.82 Å². The molecule has 4 aromatic rings. The maximum atomic E-state index is 13.3. The fourth-order valence-corrected chi connectivity index (χ4v) is 3.11. The van der Waals surface area contributed by atoms with Crippen molar-refractivity contribution in [3.8, 4) is 11.4 Å². The number of nitrogens with zero attached hydrogens (tertiary/aromatic N) is 8. The number of aromatic nitrogens is 8. The van der Waals surface area contributed by atoms with E-state index in [-0.39, 0.29) is 23.2 Å². The zero-order valence-corrected chi connectivity index (χ0v) is 16.7. The normalized spacial score (nSPS) is 14.7. The summed E-state index contributed by atoms with van der Waals surface area (Å²) in [6.45, 7) is 1.66. The van der Waals surface area contributed by atoms with Gasteiger partial charge in [-0.05, 0) is 25.0 Å². The van der Waals surface area contributed by atoms with Crippen LogP contribution in [-0.2, 0) is 6.18 Å². The first-order valence-corrected chi connectivity index (χ1v) is 9.65. The summed E-state index contributed by atoms with van der Waals surface area (Å²) < 4.78 is 46.9. The van der Waals surface area contributed by atoms with Gasteiger partial charge in [0.1, 0.15) is 18.3 Å². The largest absolute Gasteiger partial charge is 0.433 e. The van der Waals surface area contributed by atoms with Crippen molar-refractivity contribution < 1.29 is 17.6 Å². The Balaban J connectivity index is 1.55. The van der Waals surface area contributed by atoms with Gasteiger partial charge in [0, 0.05) is 48.3 Å². The molecule has 0 radical (unpaired) electrons. The van der Waals surface area contributed by atoms with E-state index >= 15 is 0 Å². The molecule has 0 spiro atoms. The molecule has 4 aromatic heterocycles. The second-order valence-corrected chi connectivity index (χ2v) is 7.28. The smallest absolute Gasteiger partial charge is 0.421 e. The highest BCUT2D eigenvalue weighted by molar-refractivity contribution is 5.82. The molecule has 12 heteroatoms. The molecule has 5 rings (SSSR count). The Hall–Kier alpha value is -3.96. The molecule has 0 atom stereocenters. The lowest BCUT2D eigenvalue weighted by molar-refractivity contribution is -0.141. The van der Waals surface area contributed by atoms with Crippen LogP contribution in [0.4, 0.5) is 13.2 Å². The number of halogens is 3. The van der Waals surface area contributed by atoms with Crippen LogP contribution in [-0.4, -0.2) is 39.9 Å². The predicted octanol–water partition coefficient (Wildman–Crippen LogP) is 3.76. The third-order valence-electron chi connectivity index (χ3n) is 4.79. The van der Waals surface area contributed by atoms with Crippen LogP contribution in [0.5, 0.6) is 0 Å². The summed E-state index contributed by atoms with van der Waals surface area (Å²) >= 11 is 0. The minimum atomic E-state index is -4.56. The highest BCUT2D eigenvalue weighted by Crippen LogP contribution is 2.41. The van der Waals surface area contributed by atoms with Gasteiger partial charge in [-0.15, -0.1) is 15.3 Å². The maximum absolute atomic E-state index is 13.3. The van der Waals surface area contributed by atoms with Crippen LogP contribution >= 0.6 is 0 Å². The molecule has 1 saturated carbocycles. The van der Waals surface area contributed by atoms with E-state index in [2.05, 4.69) is 35.2 Å². The van der Waals surface area contributed by atoms with E-state index in [1.807, 2.05) is 0 Å².